The second-order valence-electron chi connectivity index (χ2n) is 6.55. The molecule has 7 nitrogen and oxygen atoms in total. The van der Waals surface area contributed by atoms with E-state index in [0.29, 0.717) is 17.5 Å². The van der Waals surface area contributed by atoms with Crippen molar-refractivity contribution in [3.05, 3.63) is 68.5 Å². The fourth-order valence-corrected chi connectivity index (χ4v) is 3.25. The van der Waals surface area contributed by atoms with Gasteiger partial charge in [-0.2, -0.15) is 0 Å². The molecule has 0 radical (unpaired) electrons. The van der Waals surface area contributed by atoms with Crippen LogP contribution in [0.4, 0.5) is 0 Å². The summed E-state index contributed by atoms with van der Waals surface area (Å²) in [5.74, 6) is -0.571. The number of hydrogen-bond acceptors (Lipinski definition) is 5. The third-order valence-electron chi connectivity index (χ3n) is 4.77. The highest BCUT2D eigenvalue weighted by Crippen LogP contribution is 2.37. The SMILES string of the molecule is CC[C@@H]1O[C@@H](n2cc(C)c(=O)[nH]c2=O)[C@H](OC(=O)c2ccccc2)[C@H]1C. The topological polar surface area (TPSA) is 90.4 Å². The molecule has 1 N–H and O–H groups in total. The van der Waals surface area contributed by atoms with Crippen LogP contribution in [0.15, 0.2) is 46.1 Å². The molecule has 1 saturated heterocycles. The third-order valence-corrected chi connectivity index (χ3v) is 4.77. The average Bonchev–Trinajstić information content (AvgIpc) is 2.94. The molecular formula is C19H22N2O5. The highest BCUT2D eigenvalue weighted by atomic mass is 16.6. The molecule has 0 bridgehead atoms. The van der Waals surface area contributed by atoms with Gasteiger partial charge in [-0.3, -0.25) is 14.3 Å². The summed E-state index contributed by atoms with van der Waals surface area (Å²) in [6.45, 7) is 5.51. The first-order valence-corrected chi connectivity index (χ1v) is 8.66. The van der Waals surface area contributed by atoms with Gasteiger partial charge in [0.1, 0.15) is 0 Å². The van der Waals surface area contributed by atoms with Gasteiger partial charge in [0.2, 0.25) is 0 Å². The Kier molecular flexibility index (Phi) is 5.08. The van der Waals surface area contributed by atoms with Crippen molar-refractivity contribution in [2.45, 2.75) is 45.6 Å². The van der Waals surface area contributed by atoms with Crippen molar-refractivity contribution in [1.82, 2.24) is 9.55 Å². The molecule has 1 aliphatic rings. The molecule has 0 amide bonds. The maximum absolute atomic E-state index is 12.5. The summed E-state index contributed by atoms with van der Waals surface area (Å²) in [5.41, 5.74) is -0.213. The molecule has 0 aliphatic carbocycles. The molecule has 1 aromatic carbocycles. The van der Waals surface area contributed by atoms with E-state index in [1.165, 1.54) is 10.8 Å². The number of nitrogens with zero attached hydrogens (tertiary/aromatic N) is 1. The van der Waals surface area contributed by atoms with Crippen LogP contribution < -0.4 is 11.2 Å². The van der Waals surface area contributed by atoms with Crippen molar-refractivity contribution >= 4 is 5.97 Å². The lowest BCUT2D eigenvalue weighted by molar-refractivity contribution is -0.0511. The Morgan fingerprint density at radius 3 is 2.62 bits per heavy atom. The molecule has 2 aromatic rings. The molecule has 26 heavy (non-hydrogen) atoms. The Balaban J connectivity index is 1.95. The van der Waals surface area contributed by atoms with Crippen molar-refractivity contribution in [3.63, 3.8) is 0 Å². The van der Waals surface area contributed by atoms with Gasteiger partial charge >= 0.3 is 11.7 Å². The Morgan fingerprint density at radius 2 is 1.96 bits per heavy atom. The van der Waals surface area contributed by atoms with E-state index in [1.807, 2.05) is 19.9 Å². The van der Waals surface area contributed by atoms with E-state index in [9.17, 15) is 14.4 Å². The lowest BCUT2D eigenvalue weighted by Crippen LogP contribution is -2.38. The van der Waals surface area contributed by atoms with Crippen molar-refractivity contribution < 1.29 is 14.3 Å². The Morgan fingerprint density at radius 1 is 1.27 bits per heavy atom. The van der Waals surface area contributed by atoms with Crippen LogP contribution in [-0.2, 0) is 9.47 Å². The predicted octanol–water partition coefficient (Wildman–Crippen LogP) is 2.01. The Hall–Kier alpha value is -2.67. The number of nitrogens with one attached hydrogen (secondary N) is 1. The summed E-state index contributed by atoms with van der Waals surface area (Å²) < 4.78 is 13.0. The number of aromatic nitrogens is 2. The van der Waals surface area contributed by atoms with E-state index < -0.39 is 29.6 Å². The summed E-state index contributed by atoms with van der Waals surface area (Å²) in [5, 5.41) is 0. The number of rotatable bonds is 4. The van der Waals surface area contributed by atoms with Crippen molar-refractivity contribution in [3.8, 4) is 0 Å². The van der Waals surface area contributed by atoms with Crippen LogP contribution in [0.1, 0.15) is 42.4 Å². The molecule has 1 fully saturated rings. The van der Waals surface area contributed by atoms with Gasteiger partial charge in [-0.15, -0.1) is 0 Å². The van der Waals surface area contributed by atoms with Gasteiger partial charge in [0.25, 0.3) is 5.56 Å². The Bertz CT molecular complexity index is 902. The minimum atomic E-state index is -0.786. The van der Waals surface area contributed by atoms with E-state index in [4.69, 9.17) is 9.47 Å². The molecule has 0 unspecified atom stereocenters. The molecule has 7 heteroatoms. The first kappa shape index (κ1) is 18.1. The summed E-state index contributed by atoms with van der Waals surface area (Å²) in [6, 6.07) is 8.67. The molecule has 3 rings (SSSR count). The van der Waals surface area contributed by atoms with E-state index in [0.717, 1.165) is 0 Å². The molecule has 138 valence electrons. The van der Waals surface area contributed by atoms with Crippen LogP contribution in [0.2, 0.25) is 0 Å². The second-order valence-corrected chi connectivity index (χ2v) is 6.55. The first-order chi connectivity index (χ1) is 12.4. The van der Waals surface area contributed by atoms with Gasteiger partial charge in [-0.05, 0) is 25.5 Å². The fourth-order valence-electron chi connectivity index (χ4n) is 3.25. The summed E-state index contributed by atoms with van der Waals surface area (Å²) in [4.78, 5) is 38.7. The zero-order valence-electron chi connectivity index (χ0n) is 15.0. The molecule has 2 heterocycles. The third kappa shape index (κ3) is 3.35. The maximum Gasteiger partial charge on any atom is 0.338 e. The zero-order chi connectivity index (χ0) is 18.8. The van der Waals surface area contributed by atoms with Crippen LogP contribution in [0, 0.1) is 12.8 Å². The van der Waals surface area contributed by atoms with Gasteiger partial charge in [-0.25, -0.2) is 9.59 Å². The Labute approximate surface area is 150 Å². The molecule has 1 aromatic heterocycles. The van der Waals surface area contributed by atoms with Crippen LogP contribution in [0.25, 0.3) is 0 Å². The van der Waals surface area contributed by atoms with Gasteiger partial charge in [0.15, 0.2) is 12.3 Å². The highest BCUT2D eigenvalue weighted by molar-refractivity contribution is 5.89. The number of H-pyrrole nitrogens is 1. The van der Waals surface area contributed by atoms with Gasteiger partial charge in [0.05, 0.1) is 11.7 Å². The van der Waals surface area contributed by atoms with E-state index in [2.05, 4.69) is 4.98 Å². The summed E-state index contributed by atoms with van der Waals surface area (Å²) in [7, 11) is 0. The number of benzene rings is 1. The van der Waals surface area contributed by atoms with Crippen LogP contribution >= 0.6 is 0 Å². The molecular weight excluding hydrogens is 336 g/mol. The summed E-state index contributed by atoms with van der Waals surface area (Å²) in [6.07, 6.45) is 0.572. The second kappa shape index (κ2) is 7.29. The normalized spacial score (nSPS) is 25.2. The number of ether oxygens (including phenoxy) is 2. The lowest BCUT2D eigenvalue weighted by Gasteiger charge is -2.23. The van der Waals surface area contributed by atoms with E-state index in [-0.39, 0.29) is 12.0 Å². The predicted molar refractivity (Wildman–Crippen MR) is 95.1 cm³/mol. The van der Waals surface area contributed by atoms with Crippen molar-refractivity contribution in [1.29, 1.82) is 0 Å². The number of aryl methyl sites for hydroxylation is 1. The minimum Gasteiger partial charge on any atom is -0.454 e. The fraction of sp³-hybridized carbons (Fsp3) is 0.421. The number of esters is 1. The first-order valence-electron chi connectivity index (χ1n) is 8.66. The largest absolute Gasteiger partial charge is 0.454 e. The zero-order valence-corrected chi connectivity index (χ0v) is 15.0. The molecule has 0 saturated carbocycles. The van der Waals surface area contributed by atoms with E-state index in [1.54, 1.807) is 31.2 Å². The number of hydrogen-bond donors (Lipinski definition) is 1. The van der Waals surface area contributed by atoms with E-state index >= 15 is 0 Å². The number of carbonyl (C=O) groups is 1. The molecule has 1 aliphatic heterocycles. The minimum absolute atomic E-state index is 0.100. The molecule has 0 spiro atoms. The summed E-state index contributed by atoms with van der Waals surface area (Å²) >= 11 is 0. The average molecular weight is 358 g/mol. The van der Waals surface area contributed by atoms with Gasteiger partial charge in [0, 0.05) is 17.7 Å². The number of aromatic amines is 1. The quantitative estimate of drug-likeness (QED) is 0.845. The molecule has 4 atom stereocenters. The standard InChI is InChI=1S/C19H22N2O5/c1-4-14-12(3)15(26-18(23)13-8-6-5-7-9-13)17(25-14)21-10-11(2)16(22)20-19(21)24/h5-10,12,14-15,17H,4H2,1-3H3,(H,20,22,24)/t12-,14-,15+,17+/m0/s1. The monoisotopic (exact) mass is 358 g/mol. The smallest absolute Gasteiger partial charge is 0.338 e. The van der Waals surface area contributed by atoms with Crippen molar-refractivity contribution in [2.75, 3.05) is 0 Å². The lowest BCUT2D eigenvalue weighted by atomic mass is 9.98. The maximum atomic E-state index is 12.5. The van der Waals surface area contributed by atoms with Crippen LogP contribution in [-0.4, -0.2) is 27.7 Å². The highest BCUT2D eigenvalue weighted by Gasteiger charge is 2.45. The van der Waals surface area contributed by atoms with Gasteiger partial charge in [-0.1, -0.05) is 32.0 Å². The van der Waals surface area contributed by atoms with Crippen LogP contribution in [0.3, 0.4) is 0 Å². The van der Waals surface area contributed by atoms with Crippen LogP contribution in [0.5, 0.6) is 0 Å². The van der Waals surface area contributed by atoms with Crippen molar-refractivity contribution in [2.24, 2.45) is 5.92 Å². The van der Waals surface area contributed by atoms with Gasteiger partial charge < -0.3 is 9.47 Å². The number of carbonyl (C=O) groups excluding carboxylic acids is 1.